The molecule has 5 saturated heterocycles. The Balaban J connectivity index is 0.000000241. The Hall–Kier alpha value is -5.07. The number of alkyl halides is 2. The van der Waals surface area contributed by atoms with Crippen molar-refractivity contribution in [3.05, 3.63) is 235 Å². The number of halogens is 12. The number of aromatic carboxylic acids is 1. The normalized spacial score (nSPS) is 17.2. The SMILES string of the molecule is CC(C)(C)[Si](C)(C)OC[C@H]1CCC(=O)N1.CC(C)(C)[Si](C)(C)OC[C@H]1CCC(=O)N1Cc1cc(Cl)cc(Cl)c1.COC(=O)c1ccc(CBr)s1.COC(=O)c1ccc(COC[C@H]2CCC(=O)N2Cc2cc(Cl)cc(Cl)c2)s1.ClCc1cc(Cl)cc(Cl)c1.O=C(O)c1ccc(COC[C@H]2CCC(=O)N2Cc2cc(Cl)cc(Cl)c2)s1.O=C1CC[C@H](CO)N1Cc1cc(Cl)cc(Cl)c1.[B]. The topological polar surface area (TPSA) is 257 Å². The molecule has 39 heteroatoms. The summed E-state index contributed by atoms with van der Waals surface area (Å²) in [5.74, 6) is -0.507. The number of likely N-dealkylation sites (tertiary alicyclic amines) is 4. The average molecular weight is 2180 g/mol. The van der Waals surface area contributed by atoms with E-state index in [0.29, 0.717) is 175 Å². The number of hydrogen-bond donors (Lipinski definition) is 3. The summed E-state index contributed by atoms with van der Waals surface area (Å²) in [5, 5.41) is 28.0. The number of carbonyl (C=O) groups excluding carboxylic acids is 7. The van der Waals surface area contributed by atoms with Crippen LogP contribution in [-0.4, -0.2) is 180 Å². The largest absolute Gasteiger partial charge is 0.477 e. The Bertz CT molecular complexity index is 5040. The molecule has 3 N–H and O–H groups in total. The third-order valence-corrected chi connectivity index (χ3v) is 38.0. The molecule has 0 aliphatic carbocycles. The molecule has 8 heterocycles. The smallest absolute Gasteiger partial charge is 0.348 e. The second kappa shape index (κ2) is 54.9. The van der Waals surface area contributed by atoms with Crippen molar-refractivity contribution in [2.45, 2.75) is 223 Å². The number of benzene rings is 5. The predicted octanol–water partition coefficient (Wildman–Crippen LogP) is 25.1. The monoisotopic (exact) mass is 2170 g/mol. The van der Waals surface area contributed by atoms with Crippen LogP contribution in [-0.2, 0) is 102 Å². The first-order valence-electron chi connectivity index (χ1n) is 41.7. The summed E-state index contributed by atoms with van der Waals surface area (Å²) in [6, 6.07) is 37.3. The van der Waals surface area contributed by atoms with Crippen LogP contribution in [0.3, 0.4) is 0 Å². The highest BCUT2D eigenvalue weighted by Crippen LogP contribution is 2.40. The Labute approximate surface area is 848 Å². The van der Waals surface area contributed by atoms with E-state index in [1.807, 2.05) is 46.2 Å². The van der Waals surface area contributed by atoms with Gasteiger partial charge in [0.25, 0.3) is 0 Å². The number of hydrogen-bond acceptors (Lipinski definition) is 18. The summed E-state index contributed by atoms with van der Waals surface area (Å²) >= 11 is 72.3. The van der Waals surface area contributed by atoms with Gasteiger partial charge in [0.2, 0.25) is 29.5 Å². The molecule has 5 aromatic carbocycles. The zero-order valence-corrected chi connectivity index (χ0v) is 89.4. The van der Waals surface area contributed by atoms with Gasteiger partial charge in [0.15, 0.2) is 16.6 Å². The highest BCUT2D eigenvalue weighted by atomic mass is 79.9. The zero-order valence-electron chi connectivity index (χ0n) is 75.0. The molecule has 0 spiro atoms. The molecule has 5 aliphatic heterocycles. The van der Waals surface area contributed by atoms with E-state index in [2.05, 4.69) is 93.7 Å². The molecule has 131 heavy (non-hydrogen) atoms. The van der Waals surface area contributed by atoms with Gasteiger partial charge in [-0.15, -0.1) is 45.6 Å². The molecule has 0 unspecified atom stereocenters. The van der Waals surface area contributed by atoms with Crippen LogP contribution < -0.4 is 5.32 Å². The summed E-state index contributed by atoms with van der Waals surface area (Å²) in [4.78, 5) is 104. The van der Waals surface area contributed by atoms with Crippen molar-refractivity contribution in [2.24, 2.45) is 0 Å². The Morgan fingerprint density at radius 1 is 0.427 bits per heavy atom. The van der Waals surface area contributed by atoms with Crippen LogP contribution in [0.1, 0.15) is 177 Å². The van der Waals surface area contributed by atoms with Gasteiger partial charge in [0.05, 0.1) is 90.7 Å². The number of nitrogens with one attached hydrogen (secondary N) is 1. The molecule has 5 atom stereocenters. The quantitative estimate of drug-likeness (QED) is 0.0234. The van der Waals surface area contributed by atoms with Gasteiger partial charge >= 0.3 is 17.9 Å². The van der Waals surface area contributed by atoms with E-state index >= 15 is 0 Å². The van der Waals surface area contributed by atoms with E-state index < -0.39 is 22.6 Å². The number of aliphatic hydroxyl groups excluding tert-OH is 1. The zero-order chi connectivity index (χ0) is 96.1. The number of aliphatic hydroxyl groups is 1. The maximum atomic E-state index is 12.3. The van der Waals surface area contributed by atoms with Gasteiger partial charge in [-0.2, -0.15) is 0 Å². The van der Waals surface area contributed by atoms with Gasteiger partial charge in [0, 0.05) is 143 Å². The van der Waals surface area contributed by atoms with E-state index in [0.717, 1.165) is 73.5 Å². The fraction of sp³-hybridized carbons (Fsp3) is 0.457. The highest BCUT2D eigenvalue weighted by molar-refractivity contribution is 9.08. The van der Waals surface area contributed by atoms with Crippen molar-refractivity contribution in [3.8, 4) is 0 Å². The molecule has 3 aromatic heterocycles. The minimum atomic E-state index is -1.81. The second-order valence-electron chi connectivity index (χ2n) is 34.3. The van der Waals surface area contributed by atoms with Crippen molar-refractivity contribution >= 4 is 250 Å². The second-order valence-corrected chi connectivity index (χ2v) is 52.6. The average Bonchev–Trinajstić information content (AvgIpc) is 1.82. The molecule has 0 bridgehead atoms. The summed E-state index contributed by atoms with van der Waals surface area (Å²) in [5.41, 5.74) is 4.57. The fourth-order valence-electron chi connectivity index (χ4n) is 13.4. The number of rotatable bonds is 28. The van der Waals surface area contributed by atoms with Gasteiger partial charge in [-0.1, -0.05) is 173 Å². The molecule has 3 radical (unpaired) electrons. The first kappa shape index (κ1) is 115. The van der Waals surface area contributed by atoms with Gasteiger partial charge in [-0.05, 0) is 224 Å². The number of nitrogens with zero attached hydrogens (tertiary/aromatic N) is 4. The van der Waals surface area contributed by atoms with E-state index in [-0.39, 0.29) is 96.8 Å². The maximum Gasteiger partial charge on any atom is 0.348 e. The van der Waals surface area contributed by atoms with Crippen molar-refractivity contribution in [1.82, 2.24) is 24.9 Å². The maximum absolute atomic E-state index is 12.3. The van der Waals surface area contributed by atoms with Crippen molar-refractivity contribution < 1.29 is 76.4 Å². The van der Waals surface area contributed by atoms with Crippen LogP contribution in [0.15, 0.2) is 127 Å². The minimum absolute atomic E-state index is 0. The highest BCUT2D eigenvalue weighted by Gasteiger charge is 2.42. The molecular weight excluding hydrogens is 2060 g/mol. The van der Waals surface area contributed by atoms with E-state index in [4.69, 9.17) is 156 Å². The summed E-state index contributed by atoms with van der Waals surface area (Å²) in [6.45, 7) is 27.1. The predicted molar refractivity (Wildman–Crippen MR) is 541 cm³/mol. The molecule has 0 saturated carbocycles. The third-order valence-electron chi connectivity index (χ3n) is 22.4. The van der Waals surface area contributed by atoms with Crippen molar-refractivity contribution in [3.63, 3.8) is 0 Å². The van der Waals surface area contributed by atoms with E-state index in [1.54, 1.807) is 101 Å². The Morgan fingerprint density at radius 2 is 0.718 bits per heavy atom. The van der Waals surface area contributed by atoms with Gasteiger partial charge in [-0.3, -0.25) is 24.0 Å². The van der Waals surface area contributed by atoms with Gasteiger partial charge < -0.3 is 62.9 Å². The molecule has 13 rings (SSSR count). The molecule has 5 fully saturated rings. The first-order valence-corrected chi connectivity index (χ1v) is 55.4. The minimum Gasteiger partial charge on any atom is -0.477 e. The van der Waals surface area contributed by atoms with Gasteiger partial charge in [-0.25, -0.2) is 14.4 Å². The summed E-state index contributed by atoms with van der Waals surface area (Å²) in [7, 11) is -0.717. The van der Waals surface area contributed by atoms with Crippen LogP contribution >= 0.6 is 178 Å². The number of amides is 5. The van der Waals surface area contributed by atoms with Crippen molar-refractivity contribution in [2.75, 3.05) is 47.3 Å². The Kier molecular flexibility index (Phi) is 48.1. The lowest BCUT2D eigenvalue weighted by atomic mass is 10.2. The molecule has 5 amide bonds. The Morgan fingerprint density at radius 3 is 1.00 bits per heavy atom. The first-order chi connectivity index (χ1) is 61.2. The van der Waals surface area contributed by atoms with Crippen LogP contribution in [0, 0.1) is 0 Å². The number of methoxy groups -OCH3 is 2. The third kappa shape index (κ3) is 38.0. The van der Waals surface area contributed by atoms with Crippen LogP contribution in [0.2, 0.25) is 86.5 Å². The van der Waals surface area contributed by atoms with Gasteiger partial charge in [0.1, 0.15) is 14.6 Å². The van der Waals surface area contributed by atoms with E-state index in [1.165, 1.54) is 48.2 Å². The van der Waals surface area contributed by atoms with Crippen molar-refractivity contribution in [1.29, 1.82) is 0 Å². The lowest BCUT2D eigenvalue weighted by Gasteiger charge is -2.38. The van der Waals surface area contributed by atoms with Crippen LogP contribution in [0.4, 0.5) is 0 Å². The fourth-order valence-corrected chi connectivity index (χ4v) is 21.4. The summed E-state index contributed by atoms with van der Waals surface area (Å²) < 4.78 is 33.2. The number of ether oxygens (including phenoxy) is 4. The number of carboxylic acid groups (broad SMARTS) is 1. The number of thiophene rings is 3. The number of esters is 2. The lowest BCUT2D eigenvalue weighted by molar-refractivity contribution is -0.131. The molecule has 713 valence electrons. The standard InChI is InChI=1S/C19H19Cl2NO4S.C18H17Cl2NO4S.C18H27Cl2NO2Si.C12H13Cl2NO2.C11H23NO2Si.C7H7BrO2S.C7H5Cl3.B/c1-25-19(24)17-4-3-16(27-17)11-26-10-15-2-5-18(23)22(15)9-12-6-13(20)8-14(21)7-12;19-12-5-11(6-13(20)7-12)8-21-14(1-4-17(21)22)9-25-10-15-2-3-16(26-15)18(23)24;1-18(2,3)24(4,5)23-12-16-6-7-17(22)21(16)11-13-8-14(19)10-15(20)9-13;13-9-3-8(4-10(14)5-9)6-15-11(7-16)1-2-12(15)17;1-11(2,3)15(4,5)14-8-9-6-7-10(13)12-9;1-10-7(9)6-3-2-5(4-8)11-6;8-4-5-1-6(9)3-7(10)2-5;/h3-4,6-8,15H,2,5,9-11H2,1H3;2-3,5-7,14H,1,4,8-10H2,(H,23,24);8-10,16H,6-7,11-12H2,1-5H3;3-5,11,16H,1-2,6-7H2;9H,6-8H2,1-5H3,(H,12,13);2-3H,4H2,1H3;1-3H,4H2;/t15-;14-;16-;11-;9-;;;/m11111.../s1. The van der Waals surface area contributed by atoms with Crippen LogP contribution in [0.25, 0.3) is 0 Å². The molecular formula is C92H111BBrCl11N5O16S3Si2. The van der Waals surface area contributed by atoms with E-state index in [9.17, 15) is 43.5 Å². The van der Waals surface area contributed by atoms with Crippen LogP contribution in [0.5, 0.6) is 0 Å². The molecule has 21 nitrogen and oxygen atoms in total. The molecule has 5 aliphatic rings. The molecule has 8 aromatic rings. The summed E-state index contributed by atoms with van der Waals surface area (Å²) in [6.07, 6.45) is 6.71. The number of carboxylic acids is 1. The number of carbonyl (C=O) groups is 8. The lowest BCUT2D eigenvalue weighted by Crippen LogP contribution is -2.45.